The molecule has 1 fully saturated rings. The Morgan fingerprint density at radius 3 is 1.36 bits per heavy atom. The van der Waals surface area contributed by atoms with Crippen molar-refractivity contribution in [3.05, 3.63) is 71.8 Å². The largest absolute Gasteiger partial charge is 0.293 e. The molecule has 0 aliphatic heterocycles. The summed E-state index contributed by atoms with van der Waals surface area (Å²) in [6.07, 6.45) is 0. The first-order chi connectivity index (χ1) is 10.4. The summed E-state index contributed by atoms with van der Waals surface area (Å²) in [7, 11) is 0. The van der Waals surface area contributed by atoms with E-state index in [4.69, 9.17) is 0 Å². The molecule has 0 N–H and O–H groups in total. The van der Waals surface area contributed by atoms with Gasteiger partial charge in [0.15, 0.2) is 11.6 Å². The van der Waals surface area contributed by atoms with Crippen LogP contribution in [0, 0.1) is 16.7 Å². The summed E-state index contributed by atoms with van der Waals surface area (Å²) >= 11 is 0. The monoisotopic (exact) mass is 292 g/mol. The topological polar surface area (TPSA) is 34.1 Å². The Kier molecular flexibility index (Phi) is 3.28. The average molecular weight is 292 g/mol. The number of carbonyl (C=O) groups is 2. The van der Waals surface area contributed by atoms with E-state index in [0.717, 1.165) is 0 Å². The summed E-state index contributed by atoms with van der Waals surface area (Å²) in [5, 5.41) is 0. The molecular formula is C20H20O2. The van der Waals surface area contributed by atoms with Crippen LogP contribution in [0.15, 0.2) is 60.7 Å². The van der Waals surface area contributed by atoms with Crippen molar-refractivity contribution in [2.75, 3.05) is 0 Å². The van der Waals surface area contributed by atoms with Crippen LogP contribution in [0.1, 0.15) is 41.5 Å². The van der Waals surface area contributed by atoms with Gasteiger partial charge in [-0.2, -0.15) is 0 Å². The van der Waals surface area contributed by atoms with Crippen molar-refractivity contribution in [1.82, 2.24) is 0 Å². The van der Waals surface area contributed by atoms with Gasteiger partial charge in [-0.05, 0) is 11.3 Å². The van der Waals surface area contributed by atoms with Gasteiger partial charge < -0.3 is 0 Å². The molecule has 0 radical (unpaired) electrons. The van der Waals surface area contributed by atoms with Crippen LogP contribution in [0.25, 0.3) is 0 Å². The van der Waals surface area contributed by atoms with E-state index in [1.54, 1.807) is 24.3 Å². The Bertz CT molecular complexity index is 662. The third-order valence-corrected chi connectivity index (χ3v) is 5.45. The fourth-order valence-corrected chi connectivity index (χ4v) is 3.74. The quantitative estimate of drug-likeness (QED) is 0.617. The Hall–Kier alpha value is -2.22. The van der Waals surface area contributed by atoms with Crippen molar-refractivity contribution in [1.29, 1.82) is 0 Å². The molecule has 0 amide bonds. The average Bonchev–Trinajstić information content (AvgIpc) is 3.01. The molecule has 0 unspecified atom stereocenters. The van der Waals surface area contributed by atoms with Crippen LogP contribution >= 0.6 is 0 Å². The summed E-state index contributed by atoms with van der Waals surface area (Å²) < 4.78 is 0. The lowest BCUT2D eigenvalue weighted by molar-refractivity contribution is 0.0739. The van der Waals surface area contributed by atoms with Gasteiger partial charge >= 0.3 is 0 Å². The second kappa shape index (κ2) is 4.91. The van der Waals surface area contributed by atoms with Gasteiger partial charge in [-0.1, -0.05) is 81.4 Å². The third kappa shape index (κ3) is 1.80. The van der Waals surface area contributed by atoms with E-state index in [2.05, 4.69) is 0 Å². The Balaban J connectivity index is 2.09. The molecule has 1 saturated carbocycles. The number of carbonyl (C=O) groups excluding carboxylic acids is 2. The molecule has 2 nitrogen and oxygen atoms in total. The highest BCUT2D eigenvalue weighted by atomic mass is 16.2. The number of benzene rings is 2. The molecule has 2 heteroatoms. The van der Waals surface area contributed by atoms with Gasteiger partial charge in [0.25, 0.3) is 0 Å². The summed E-state index contributed by atoms with van der Waals surface area (Å²) in [6, 6.07) is 18.3. The highest BCUT2D eigenvalue weighted by Crippen LogP contribution is 2.71. The normalized spacial score (nSPS) is 21.1. The fraction of sp³-hybridized carbons (Fsp3) is 0.300. The Morgan fingerprint density at radius 1 is 0.773 bits per heavy atom. The van der Waals surface area contributed by atoms with E-state index in [0.29, 0.717) is 11.1 Å². The maximum Gasteiger partial charge on any atom is 0.177 e. The maximum atomic E-state index is 13.1. The molecular weight excluding hydrogens is 272 g/mol. The molecule has 2 aromatic rings. The zero-order valence-corrected chi connectivity index (χ0v) is 13.2. The highest BCUT2D eigenvalue weighted by Gasteiger charge is 2.76. The first-order valence-electron chi connectivity index (χ1n) is 7.63. The first-order valence-corrected chi connectivity index (χ1v) is 7.63. The number of Topliss-reactive ketones (excluding diaryl/α,β-unsaturated/α-hetero) is 2. The summed E-state index contributed by atoms with van der Waals surface area (Å²) in [5.74, 6) is -0.0840. The minimum Gasteiger partial charge on any atom is -0.293 e. The molecule has 0 aromatic heterocycles. The molecule has 0 heterocycles. The van der Waals surface area contributed by atoms with Gasteiger partial charge in [0.1, 0.15) is 5.41 Å². The van der Waals surface area contributed by atoms with E-state index in [9.17, 15) is 9.59 Å². The number of ketones is 2. The Labute approximate surface area is 131 Å². The zero-order valence-electron chi connectivity index (χ0n) is 13.2. The van der Waals surface area contributed by atoms with E-state index in [1.165, 1.54) is 0 Å². The molecule has 0 bridgehead atoms. The lowest BCUT2D eigenvalue weighted by Gasteiger charge is -2.18. The molecule has 0 saturated heterocycles. The Morgan fingerprint density at radius 2 is 1.09 bits per heavy atom. The molecule has 1 aliphatic rings. The van der Waals surface area contributed by atoms with Crippen LogP contribution in [0.3, 0.4) is 0 Å². The minimum atomic E-state index is -0.949. The summed E-state index contributed by atoms with van der Waals surface area (Å²) in [5.41, 5.74) is -0.0452. The van der Waals surface area contributed by atoms with Gasteiger partial charge in [0.2, 0.25) is 0 Å². The van der Waals surface area contributed by atoms with Gasteiger partial charge in [0, 0.05) is 11.1 Å². The van der Waals surface area contributed by atoms with Gasteiger partial charge in [-0.25, -0.2) is 0 Å². The third-order valence-electron chi connectivity index (χ3n) is 5.45. The first kappa shape index (κ1) is 14.7. The van der Waals surface area contributed by atoms with Crippen LogP contribution in [-0.4, -0.2) is 11.6 Å². The smallest absolute Gasteiger partial charge is 0.177 e. The SMILES string of the molecule is C[C@@H]1C(C)(C)C1(C(=O)c1ccccc1)C(=O)c1ccccc1. The molecule has 3 rings (SSSR count). The van der Waals surface area contributed by atoms with E-state index >= 15 is 0 Å². The van der Waals surface area contributed by atoms with Crippen molar-refractivity contribution in [2.24, 2.45) is 16.7 Å². The van der Waals surface area contributed by atoms with Crippen molar-refractivity contribution in [3.8, 4) is 0 Å². The van der Waals surface area contributed by atoms with Gasteiger partial charge in [-0.3, -0.25) is 9.59 Å². The van der Waals surface area contributed by atoms with Crippen molar-refractivity contribution in [2.45, 2.75) is 20.8 Å². The number of hydrogen-bond donors (Lipinski definition) is 0. The van der Waals surface area contributed by atoms with Crippen LogP contribution in [0.4, 0.5) is 0 Å². The lowest BCUT2D eigenvalue weighted by atomic mass is 9.80. The molecule has 112 valence electrons. The minimum absolute atomic E-state index is 0.0282. The predicted molar refractivity (Wildman–Crippen MR) is 86.9 cm³/mol. The van der Waals surface area contributed by atoms with Crippen LogP contribution < -0.4 is 0 Å². The van der Waals surface area contributed by atoms with Crippen molar-refractivity contribution < 1.29 is 9.59 Å². The molecule has 22 heavy (non-hydrogen) atoms. The van der Waals surface area contributed by atoms with E-state index in [1.807, 2.05) is 57.2 Å². The standard InChI is InChI=1S/C20H20O2/c1-14-19(2,3)20(14,17(21)15-10-6-4-7-11-15)18(22)16-12-8-5-9-13-16/h4-14H,1-3H3/t14-/m1/s1. The maximum absolute atomic E-state index is 13.1. The van der Waals surface area contributed by atoms with E-state index in [-0.39, 0.29) is 22.9 Å². The molecule has 1 aliphatic carbocycles. The molecule has 2 aromatic carbocycles. The number of hydrogen-bond acceptors (Lipinski definition) is 2. The van der Waals surface area contributed by atoms with Crippen LogP contribution in [0.5, 0.6) is 0 Å². The molecule has 1 atom stereocenters. The second-order valence-electron chi connectivity index (χ2n) is 6.64. The zero-order chi connectivity index (χ0) is 16.0. The van der Waals surface area contributed by atoms with Gasteiger partial charge in [-0.15, -0.1) is 0 Å². The fourth-order valence-electron chi connectivity index (χ4n) is 3.74. The lowest BCUT2D eigenvalue weighted by Crippen LogP contribution is -2.31. The van der Waals surface area contributed by atoms with Crippen molar-refractivity contribution >= 4 is 11.6 Å². The predicted octanol–water partition coefficient (Wildman–Crippen LogP) is 4.41. The van der Waals surface area contributed by atoms with E-state index < -0.39 is 5.41 Å². The van der Waals surface area contributed by atoms with Crippen LogP contribution in [-0.2, 0) is 0 Å². The highest BCUT2D eigenvalue weighted by molar-refractivity contribution is 6.23. The summed E-state index contributed by atoms with van der Waals surface area (Å²) in [4.78, 5) is 26.3. The van der Waals surface area contributed by atoms with Crippen LogP contribution in [0.2, 0.25) is 0 Å². The number of rotatable bonds is 4. The second-order valence-corrected chi connectivity index (χ2v) is 6.64. The molecule has 0 spiro atoms. The summed E-state index contributed by atoms with van der Waals surface area (Å²) in [6.45, 7) is 6.03. The van der Waals surface area contributed by atoms with Crippen molar-refractivity contribution in [3.63, 3.8) is 0 Å². The van der Waals surface area contributed by atoms with Gasteiger partial charge in [0.05, 0.1) is 0 Å².